The summed E-state index contributed by atoms with van der Waals surface area (Å²) in [6.07, 6.45) is 3.97. The number of rotatable bonds is 7. The first kappa shape index (κ1) is 18.1. The molecule has 2 heteroatoms. The van der Waals surface area contributed by atoms with Crippen LogP contribution in [-0.2, 0) is 6.54 Å². The Balaban J connectivity index is 1.68. The molecule has 0 aliphatic carbocycles. The standard InChI is InChI=1S/C21H34N2/c1-17(2)19(4)23-14-11-20(12-15-23)10-13-22(5)16-21-8-6-18(3)7-9-21/h6-9,17,20H,4,10-16H2,1-3,5H3. The van der Waals surface area contributed by atoms with E-state index in [0.29, 0.717) is 5.92 Å². The SMILES string of the molecule is C=C(C(C)C)N1CCC(CCN(C)Cc2ccc(C)cc2)CC1. The summed E-state index contributed by atoms with van der Waals surface area (Å²) in [6, 6.07) is 8.92. The number of allylic oxidation sites excluding steroid dienone is 1. The fourth-order valence-corrected chi connectivity index (χ4v) is 3.36. The Kier molecular flexibility index (Phi) is 6.71. The Morgan fingerprint density at radius 2 is 1.83 bits per heavy atom. The summed E-state index contributed by atoms with van der Waals surface area (Å²) in [5, 5.41) is 0. The van der Waals surface area contributed by atoms with Crippen LogP contribution >= 0.6 is 0 Å². The lowest BCUT2D eigenvalue weighted by Gasteiger charge is -2.36. The first-order valence-electron chi connectivity index (χ1n) is 9.13. The van der Waals surface area contributed by atoms with Gasteiger partial charge in [0.1, 0.15) is 0 Å². The minimum Gasteiger partial charge on any atom is -0.375 e. The van der Waals surface area contributed by atoms with Crippen molar-refractivity contribution in [2.45, 2.75) is 46.6 Å². The number of hydrogen-bond donors (Lipinski definition) is 0. The molecule has 0 radical (unpaired) electrons. The zero-order valence-corrected chi connectivity index (χ0v) is 15.5. The van der Waals surface area contributed by atoms with Gasteiger partial charge in [-0.2, -0.15) is 0 Å². The Morgan fingerprint density at radius 1 is 1.22 bits per heavy atom. The van der Waals surface area contributed by atoms with Crippen LogP contribution in [0.15, 0.2) is 36.5 Å². The smallest absolute Gasteiger partial charge is 0.0230 e. The third-order valence-corrected chi connectivity index (χ3v) is 5.18. The number of piperidine rings is 1. The third-order valence-electron chi connectivity index (χ3n) is 5.18. The van der Waals surface area contributed by atoms with Crippen molar-refractivity contribution in [1.29, 1.82) is 0 Å². The van der Waals surface area contributed by atoms with E-state index in [4.69, 9.17) is 0 Å². The van der Waals surface area contributed by atoms with Crippen molar-refractivity contribution in [2.24, 2.45) is 11.8 Å². The number of hydrogen-bond acceptors (Lipinski definition) is 2. The summed E-state index contributed by atoms with van der Waals surface area (Å²) in [7, 11) is 2.25. The molecule has 2 nitrogen and oxygen atoms in total. The normalized spacial score (nSPS) is 16.3. The molecule has 2 rings (SSSR count). The lowest BCUT2D eigenvalue weighted by molar-refractivity contribution is 0.190. The molecule has 23 heavy (non-hydrogen) atoms. The van der Waals surface area contributed by atoms with Crippen LogP contribution in [0.5, 0.6) is 0 Å². The molecule has 1 fully saturated rings. The van der Waals surface area contributed by atoms with Crippen molar-refractivity contribution in [2.75, 3.05) is 26.7 Å². The van der Waals surface area contributed by atoms with Gasteiger partial charge in [-0.3, -0.25) is 0 Å². The van der Waals surface area contributed by atoms with Gasteiger partial charge in [-0.25, -0.2) is 0 Å². The zero-order chi connectivity index (χ0) is 16.8. The fourth-order valence-electron chi connectivity index (χ4n) is 3.36. The van der Waals surface area contributed by atoms with E-state index >= 15 is 0 Å². The molecule has 1 aromatic carbocycles. The van der Waals surface area contributed by atoms with E-state index in [2.05, 4.69) is 68.5 Å². The van der Waals surface area contributed by atoms with Gasteiger partial charge in [0.15, 0.2) is 0 Å². The lowest BCUT2D eigenvalue weighted by Crippen LogP contribution is -2.35. The fraction of sp³-hybridized carbons (Fsp3) is 0.619. The van der Waals surface area contributed by atoms with Crippen molar-refractivity contribution in [3.63, 3.8) is 0 Å². The molecule has 0 bridgehead atoms. The highest BCUT2D eigenvalue weighted by atomic mass is 15.1. The second-order valence-corrected chi connectivity index (χ2v) is 7.59. The maximum Gasteiger partial charge on any atom is 0.0230 e. The van der Waals surface area contributed by atoms with Gasteiger partial charge in [-0.1, -0.05) is 50.3 Å². The molecule has 1 saturated heterocycles. The van der Waals surface area contributed by atoms with E-state index in [1.807, 2.05) is 0 Å². The first-order chi connectivity index (χ1) is 11.0. The summed E-state index contributed by atoms with van der Waals surface area (Å²) in [4.78, 5) is 4.96. The predicted molar refractivity (Wildman–Crippen MR) is 100 cm³/mol. The van der Waals surface area contributed by atoms with Crippen molar-refractivity contribution >= 4 is 0 Å². The van der Waals surface area contributed by atoms with Crippen molar-refractivity contribution in [3.05, 3.63) is 47.7 Å². The molecule has 0 N–H and O–H groups in total. The number of likely N-dealkylation sites (tertiary alicyclic amines) is 1. The highest BCUT2D eigenvalue weighted by Crippen LogP contribution is 2.25. The van der Waals surface area contributed by atoms with Gasteiger partial charge >= 0.3 is 0 Å². The van der Waals surface area contributed by atoms with Crippen molar-refractivity contribution in [3.8, 4) is 0 Å². The quantitative estimate of drug-likeness (QED) is 0.720. The molecule has 0 aromatic heterocycles. The summed E-state index contributed by atoms with van der Waals surface area (Å²) in [5.41, 5.74) is 4.08. The lowest BCUT2D eigenvalue weighted by atomic mass is 9.92. The monoisotopic (exact) mass is 314 g/mol. The maximum absolute atomic E-state index is 4.25. The van der Waals surface area contributed by atoms with Crippen LogP contribution in [0, 0.1) is 18.8 Å². The van der Waals surface area contributed by atoms with E-state index in [9.17, 15) is 0 Å². The zero-order valence-electron chi connectivity index (χ0n) is 15.5. The van der Waals surface area contributed by atoms with E-state index in [1.165, 1.54) is 55.7 Å². The van der Waals surface area contributed by atoms with Crippen molar-refractivity contribution < 1.29 is 0 Å². The van der Waals surface area contributed by atoms with Gasteiger partial charge in [-0.15, -0.1) is 0 Å². The number of aryl methyl sites for hydroxylation is 1. The molecular weight excluding hydrogens is 280 g/mol. The first-order valence-corrected chi connectivity index (χ1v) is 9.13. The van der Waals surface area contributed by atoms with E-state index in [1.54, 1.807) is 0 Å². The average molecular weight is 315 g/mol. The summed E-state index contributed by atoms with van der Waals surface area (Å²) in [5.74, 6) is 1.46. The van der Waals surface area contributed by atoms with E-state index in [0.717, 1.165) is 12.5 Å². The minimum absolute atomic E-state index is 0.576. The number of nitrogens with zero attached hydrogens (tertiary/aromatic N) is 2. The maximum atomic E-state index is 4.25. The van der Waals surface area contributed by atoms with Crippen molar-refractivity contribution in [1.82, 2.24) is 9.80 Å². The minimum atomic E-state index is 0.576. The van der Waals surface area contributed by atoms with E-state index in [-0.39, 0.29) is 0 Å². The Morgan fingerprint density at radius 3 is 2.39 bits per heavy atom. The van der Waals surface area contributed by atoms with Gasteiger partial charge in [0, 0.05) is 25.3 Å². The van der Waals surface area contributed by atoms with Crippen LogP contribution in [0.3, 0.4) is 0 Å². The Hall–Kier alpha value is -1.28. The van der Waals surface area contributed by atoms with Crippen LogP contribution in [0.4, 0.5) is 0 Å². The molecule has 0 spiro atoms. The third kappa shape index (κ3) is 5.69. The molecule has 0 unspecified atom stereocenters. The van der Waals surface area contributed by atoms with Gasteiger partial charge < -0.3 is 9.80 Å². The second-order valence-electron chi connectivity index (χ2n) is 7.59. The highest BCUT2D eigenvalue weighted by molar-refractivity contribution is 5.21. The molecular formula is C21H34N2. The summed E-state index contributed by atoms with van der Waals surface area (Å²) in [6.45, 7) is 15.5. The van der Waals surface area contributed by atoms with Crippen LogP contribution in [0.25, 0.3) is 0 Å². The van der Waals surface area contributed by atoms with Gasteiger partial charge in [0.25, 0.3) is 0 Å². The van der Waals surface area contributed by atoms with Crippen LogP contribution in [0.2, 0.25) is 0 Å². The molecule has 1 aliphatic heterocycles. The average Bonchev–Trinajstić information content (AvgIpc) is 2.55. The highest BCUT2D eigenvalue weighted by Gasteiger charge is 2.21. The van der Waals surface area contributed by atoms with Gasteiger partial charge in [0.2, 0.25) is 0 Å². The molecule has 128 valence electrons. The molecule has 1 aliphatic rings. The predicted octanol–water partition coefficient (Wildman–Crippen LogP) is 4.70. The molecule has 0 atom stereocenters. The van der Waals surface area contributed by atoms with Crippen LogP contribution in [0.1, 0.15) is 44.2 Å². The summed E-state index contributed by atoms with van der Waals surface area (Å²) >= 11 is 0. The van der Waals surface area contributed by atoms with E-state index < -0.39 is 0 Å². The number of benzene rings is 1. The molecule has 1 aromatic rings. The molecule has 0 saturated carbocycles. The Labute approximate surface area is 143 Å². The summed E-state index contributed by atoms with van der Waals surface area (Å²) < 4.78 is 0. The van der Waals surface area contributed by atoms with Crippen LogP contribution in [-0.4, -0.2) is 36.5 Å². The van der Waals surface area contributed by atoms with Gasteiger partial charge in [-0.05, 0) is 57.2 Å². The van der Waals surface area contributed by atoms with Crippen LogP contribution < -0.4 is 0 Å². The molecule has 0 amide bonds. The second kappa shape index (κ2) is 8.54. The topological polar surface area (TPSA) is 6.48 Å². The van der Waals surface area contributed by atoms with Gasteiger partial charge in [0.05, 0.1) is 0 Å². The largest absolute Gasteiger partial charge is 0.375 e. The molecule has 1 heterocycles. The Bertz CT molecular complexity index is 481.